The second-order valence-corrected chi connectivity index (χ2v) is 8.24. The van der Waals surface area contributed by atoms with E-state index >= 15 is 0 Å². The number of ether oxygens (including phenoxy) is 1. The normalized spacial score (nSPS) is 15.0. The van der Waals surface area contributed by atoms with Crippen LogP contribution in [0.5, 0.6) is 5.75 Å². The molecular formula is C24H21N3O3S. The molecule has 1 aromatic heterocycles. The summed E-state index contributed by atoms with van der Waals surface area (Å²) in [4.78, 5) is 32.2. The number of hydrogen-bond donors (Lipinski definition) is 2. The fourth-order valence-electron chi connectivity index (χ4n) is 3.46. The lowest BCUT2D eigenvalue weighted by Gasteiger charge is -2.24. The molecule has 1 atom stereocenters. The molecule has 0 saturated carbocycles. The highest BCUT2D eigenvalue weighted by Gasteiger charge is 2.30. The van der Waals surface area contributed by atoms with Crippen molar-refractivity contribution in [2.75, 3.05) is 11.1 Å². The van der Waals surface area contributed by atoms with Crippen LogP contribution >= 0.6 is 11.8 Å². The topological polar surface area (TPSA) is 84.1 Å². The van der Waals surface area contributed by atoms with E-state index in [1.165, 1.54) is 17.3 Å². The summed E-state index contributed by atoms with van der Waals surface area (Å²) >= 11 is 1.24. The molecule has 4 rings (SSSR count). The predicted molar refractivity (Wildman–Crippen MR) is 121 cm³/mol. The van der Waals surface area contributed by atoms with Gasteiger partial charge in [0.05, 0.1) is 11.3 Å². The van der Waals surface area contributed by atoms with Crippen molar-refractivity contribution in [3.05, 3.63) is 81.1 Å². The number of nitrogens with one attached hydrogen (secondary N) is 2. The third-order valence-corrected chi connectivity index (χ3v) is 5.81. The molecular weight excluding hydrogens is 410 g/mol. The number of aromatic nitrogens is 2. The van der Waals surface area contributed by atoms with Crippen LogP contribution in [0.4, 0.5) is 5.82 Å². The number of terminal acetylenes is 1. The van der Waals surface area contributed by atoms with Gasteiger partial charge in [-0.15, -0.1) is 6.42 Å². The molecule has 0 saturated heterocycles. The first kappa shape index (κ1) is 20.8. The van der Waals surface area contributed by atoms with Gasteiger partial charge >= 0.3 is 0 Å². The standard InChI is InChI=1S/C24H21N3O3S/c1-3-12-31-24-26-22-21(23(29)27-24)19(13-20(28)25-22)17-8-10-18(11-9-17)30-14-16-6-4-15(2)5-7-16/h1,4-11,19H,12-14H2,2H3,(H2,25,26,27,28,29). The van der Waals surface area contributed by atoms with Crippen LogP contribution in [-0.4, -0.2) is 21.6 Å². The summed E-state index contributed by atoms with van der Waals surface area (Å²) in [6.07, 6.45) is 5.45. The number of carbonyl (C=O) groups is 1. The quantitative estimate of drug-likeness (QED) is 0.352. The smallest absolute Gasteiger partial charge is 0.257 e. The van der Waals surface area contributed by atoms with Crippen molar-refractivity contribution in [1.29, 1.82) is 0 Å². The summed E-state index contributed by atoms with van der Waals surface area (Å²) < 4.78 is 5.86. The molecule has 7 heteroatoms. The average Bonchev–Trinajstić information content (AvgIpc) is 2.77. The number of thioether (sulfide) groups is 1. The molecule has 0 spiro atoms. The number of anilines is 1. The van der Waals surface area contributed by atoms with Gasteiger partial charge in [0.1, 0.15) is 18.2 Å². The van der Waals surface area contributed by atoms with Crippen molar-refractivity contribution in [1.82, 2.24) is 9.97 Å². The highest BCUT2D eigenvalue weighted by atomic mass is 32.2. The van der Waals surface area contributed by atoms with Gasteiger partial charge in [-0.25, -0.2) is 4.98 Å². The molecule has 1 aliphatic rings. The van der Waals surface area contributed by atoms with Gasteiger partial charge < -0.3 is 15.0 Å². The summed E-state index contributed by atoms with van der Waals surface area (Å²) in [6.45, 7) is 2.51. The zero-order valence-corrected chi connectivity index (χ0v) is 17.8. The average molecular weight is 432 g/mol. The van der Waals surface area contributed by atoms with E-state index < -0.39 is 0 Å². The van der Waals surface area contributed by atoms with Gasteiger partial charge in [0, 0.05) is 12.3 Å². The summed E-state index contributed by atoms with van der Waals surface area (Å²) in [6, 6.07) is 15.7. The zero-order chi connectivity index (χ0) is 21.8. The van der Waals surface area contributed by atoms with Gasteiger partial charge in [-0.3, -0.25) is 9.59 Å². The Hall–Kier alpha value is -3.50. The molecule has 0 bridgehead atoms. The lowest BCUT2D eigenvalue weighted by atomic mass is 9.87. The molecule has 31 heavy (non-hydrogen) atoms. The number of rotatable bonds is 6. The van der Waals surface area contributed by atoms with Gasteiger partial charge in [0.25, 0.3) is 5.56 Å². The Balaban J connectivity index is 1.54. The fraction of sp³-hybridized carbons (Fsp3) is 0.208. The third-order valence-electron chi connectivity index (χ3n) is 5.03. The molecule has 1 unspecified atom stereocenters. The Bertz CT molecular complexity index is 1190. The Morgan fingerprint density at radius 2 is 1.90 bits per heavy atom. The zero-order valence-electron chi connectivity index (χ0n) is 17.0. The van der Waals surface area contributed by atoms with Crippen LogP contribution < -0.4 is 15.6 Å². The van der Waals surface area contributed by atoms with E-state index in [4.69, 9.17) is 11.2 Å². The molecule has 2 heterocycles. The van der Waals surface area contributed by atoms with Gasteiger partial charge in [0.2, 0.25) is 5.91 Å². The molecule has 6 nitrogen and oxygen atoms in total. The largest absolute Gasteiger partial charge is 0.489 e. The first-order valence-electron chi connectivity index (χ1n) is 9.82. The number of benzene rings is 2. The van der Waals surface area contributed by atoms with Gasteiger partial charge in [-0.05, 0) is 30.2 Å². The summed E-state index contributed by atoms with van der Waals surface area (Å²) in [5.41, 5.74) is 3.34. The van der Waals surface area contributed by atoms with Crippen molar-refractivity contribution in [2.45, 2.75) is 31.0 Å². The second kappa shape index (κ2) is 9.11. The van der Waals surface area contributed by atoms with Crippen LogP contribution in [0.15, 0.2) is 58.5 Å². The fourth-order valence-corrected chi connectivity index (χ4v) is 4.00. The molecule has 2 N–H and O–H groups in total. The number of aromatic amines is 1. The van der Waals surface area contributed by atoms with Crippen molar-refractivity contribution >= 4 is 23.5 Å². The Labute approximate surface area is 184 Å². The number of aryl methyl sites for hydroxylation is 1. The summed E-state index contributed by atoms with van der Waals surface area (Å²) in [5, 5.41) is 3.10. The van der Waals surface area contributed by atoms with Crippen LogP contribution in [0.2, 0.25) is 0 Å². The van der Waals surface area contributed by atoms with E-state index in [2.05, 4.69) is 33.3 Å². The van der Waals surface area contributed by atoms with E-state index in [0.29, 0.717) is 28.9 Å². The van der Waals surface area contributed by atoms with Gasteiger partial charge in [-0.2, -0.15) is 0 Å². The molecule has 0 fully saturated rings. The molecule has 1 aliphatic heterocycles. The van der Waals surface area contributed by atoms with Gasteiger partial charge in [-0.1, -0.05) is 59.6 Å². The third kappa shape index (κ3) is 4.81. The Morgan fingerprint density at radius 3 is 2.61 bits per heavy atom. The maximum absolute atomic E-state index is 12.8. The number of H-pyrrole nitrogens is 1. The molecule has 2 aromatic carbocycles. The predicted octanol–water partition coefficient (Wildman–Crippen LogP) is 3.86. The summed E-state index contributed by atoms with van der Waals surface area (Å²) in [7, 11) is 0. The number of carbonyl (C=O) groups excluding carboxylic acids is 1. The van der Waals surface area contributed by atoms with Crippen LogP contribution in [0.1, 0.15) is 34.6 Å². The van der Waals surface area contributed by atoms with Gasteiger partial charge in [0.15, 0.2) is 5.16 Å². The van der Waals surface area contributed by atoms with E-state index in [1.807, 2.05) is 43.3 Å². The number of hydrogen-bond acceptors (Lipinski definition) is 5. The van der Waals surface area contributed by atoms with Crippen molar-refractivity contribution < 1.29 is 9.53 Å². The Kier molecular flexibility index (Phi) is 6.10. The lowest BCUT2D eigenvalue weighted by Crippen LogP contribution is -2.31. The molecule has 156 valence electrons. The highest BCUT2D eigenvalue weighted by molar-refractivity contribution is 7.99. The van der Waals surface area contributed by atoms with E-state index in [-0.39, 0.29) is 23.8 Å². The molecule has 3 aromatic rings. The number of fused-ring (bicyclic) bond motifs is 1. The molecule has 0 radical (unpaired) electrons. The lowest BCUT2D eigenvalue weighted by molar-refractivity contribution is -0.116. The minimum absolute atomic E-state index is 0.178. The molecule has 1 amide bonds. The van der Waals surface area contributed by atoms with Crippen molar-refractivity contribution in [3.63, 3.8) is 0 Å². The molecule has 0 aliphatic carbocycles. The van der Waals surface area contributed by atoms with Crippen LogP contribution in [0, 0.1) is 19.3 Å². The minimum atomic E-state index is -0.377. The van der Waals surface area contributed by atoms with Crippen molar-refractivity contribution in [2.24, 2.45) is 0 Å². The first-order valence-corrected chi connectivity index (χ1v) is 10.8. The van der Waals surface area contributed by atoms with Crippen LogP contribution in [0.25, 0.3) is 0 Å². The second-order valence-electron chi connectivity index (χ2n) is 7.27. The first-order chi connectivity index (χ1) is 15.0. The van der Waals surface area contributed by atoms with E-state index in [1.54, 1.807) is 0 Å². The highest BCUT2D eigenvalue weighted by Crippen LogP contribution is 2.35. The number of nitrogens with zero attached hydrogens (tertiary/aromatic N) is 1. The monoisotopic (exact) mass is 431 g/mol. The van der Waals surface area contributed by atoms with Crippen LogP contribution in [0.3, 0.4) is 0 Å². The SMILES string of the molecule is C#CCSc1nc2c(c(=O)[nH]1)C(c1ccc(OCc3ccc(C)cc3)cc1)CC(=O)N2. The maximum atomic E-state index is 12.8. The van der Waals surface area contributed by atoms with E-state index in [9.17, 15) is 9.59 Å². The summed E-state index contributed by atoms with van der Waals surface area (Å²) in [5.74, 6) is 3.33. The minimum Gasteiger partial charge on any atom is -0.489 e. The Morgan fingerprint density at radius 1 is 1.16 bits per heavy atom. The van der Waals surface area contributed by atoms with Crippen molar-refractivity contribution in [3.8, 4) is 18.1 Å². The van der Waals surface area contributed by atoms with Crippen LogP contribution in [-0.2, 0) is 11.4 Å². The number of amides is 1. The maximum Gasteiger partial charge on any atom is 0.257 e. The van der Waals surface area contributed by atoms with E-state index in [0.717, 1.165) is 16.9 Å².